The van der Waals surface area contributed by atoms with Gasteiger partial charge in [0.1, 0.15) is 0 Å². The fourth-order valence-corrected chi connectivity index (χ4v) is 4.49. The number of allylic oxidation sites excluding steroid dienone is 1. The summed E-state index contributed by atoms with van der Waals surface area (Å²) in [5, 5.41) is 1.98. The molecule has 0 unspecified atom stereocenters. The lowest BCUT2D eigenvalue weighted by atomic mass is 9.97. The van der Waals surface area contributed by atoms with Crippen LogP contribution in [0.15, 0.2) is 52.9 Å². The number of sulfonamides is 1. The minimum Gasteiger partial charge on any atom is -0.211 e. The molecule has 0 heterocycles. The molecule has 0 aromatic heterocycles. The molecule has 3 nitrogen and oxygen atoms in total. The molecule has 3 rings (SSSR count). The quantitative estimate of drug-likeness (QED) is 0.798. The Balaban J connectivity index is 1.80. The average Bonchev–Trinajstić information content (AvgIpc) is 2.56. The average molecular weight is 350 g/mol. The van der Waals surface area contributed by atoms with Crippen molar-refractivity contribution in [1.29, 1.82) is 0 Å². The smallest absolute Gasteiger partial charge is 0.211 e. The minimum atomic E-state index is -3.54. The largest absolute Gasteiger partial charge is 0.241 e. The molecule has 1 aliphatic rings. The lowest BCUT2D eigenvalue weighted by Crippen LogP contribution is -2.25. The van der Waals surface area contributed by atoms with E-state index < -0.39 is 10.0 Å². The Hall–Kier alpha value is -1.36. The van der Waals surface area contributed by atoms with Crippen molar-refractivity contribution >= 4 is 32.4 Å². The van der Waals surface area contributed by atoms with Gasteiger partial charge in [-0.1, -0.05) is 47.5 Å². The van der Waals surface area contributed by atoms with Gasteiger partial charge in [-0.2, -0.15) is 0 Å². The first-order chi connectivity index (χ1) is 11.1. The van der Waals surface area contributed by atoms with Crippen LogP contribution in [0.1, 0.15) is 32.1 Å². The molecule has 0 bridgehead atoms. The fourth-order valence-electron chi connectivity index (χ4n) is 3.02. The van der Waals surface area contributed by atoms with Crippen LogP contribution in [0.5, 0.6) is 0 Å². The monoisotopic (exact) mass is 349 g/mol. The standard InChI is InChI=1S/C18H20ClNO2S/c19-17-10-11-18(16-9-5-4-8-15(16)17)23(21,22)20-13-12-14-6-2-1-3-7-14/h4-6,8-11,20H,1-3,7,12-13H2. The Morgan fingerprint density at radius 3 is 2.57 bits per heavy atom. The number of halogens is 1. The topological polar surface area (TPSA) is 46.2 Å². The first-order valence-electron chi connectivity index (χ1n) is 7.93. The normalized spacial score (nSPS) is 15.6. The van der Waals surface area contributed by atoms with Crippen molar-refractivity contribution in [2.45, 2.75) is 37.0 Å². The SMILES string of the molecule is O=S(=O)(NCCC1=CCCCC1)c1ccc(Cl)c2ccccc12. The van der Waals surface area contributed by atoms with Crippen molar-refractivity contribution in [3.05, 3.63) is 53.1 Å². The molecule has 0 spiro atoms. The van der Waals surface area contributed by atoms with Crippen LogP contribution >= 0.6 is 11.6 Å². The Kier molecular flexibility index (Phi) is 5.05. The molecule has 0 atom stereocenters. The van der Waals surface area contributed by atoms with E-state index >= 15 is 0 Å². The molecule has 0 amide bonds. The second kappa shape index (κ2) is 7.04. The van der Waals surface area contributed by atoms with Gasteiger partial charge in [0.2, 0.25) is 10.0 Å². The van der Waals surface area contributed by atoms with Gasteiger partial charge in [0.25, 0.3) is 0 Å². The van der Waals surface area contributed by atoms with Gasteiger partial charge >= 0.3 is 0 Å². The molecule has 122 valence electrons. The van der Waals surface area contributed by atoms with Gasteiger partial charge in [-0.05, 0) is 44.2 Å². The number of fused-ring (bicyclic) bond motifs is 1. The summed E-state index contributed by atoms with van der Waals surface area (Å²) >= 11 is 6.16. The molecule has 0 saturated heterocycles. The molecule has 0 fully saturated rings. The van der Waals surface area contributed by atoms with Crippen LogP contribution in [-0.2, 0) is 10.0 Å². The highest BCUT2D eigenvalue weighted by atomic mass is 35.5. The van der Waals surface area contributed by atoms with Crippen LogP contribution in [0.3, 0.4) is 0 Å². The van der Waals surface area contributed by atoms with Crippen molar-refractivity contribution in [2.24, 2.45) is 0 Å². The van der Waals surface area contributed by atoms with E-state index in [0.717, 1.165) is 24.6 Å². The zero-order chi connectivity index (χ0) is 16.3. The number of nitrogens with one attached hydrogen (secondary N) is 1. The van der Waals surface area contributed by atoms with Crippen molar-refractivity contribution in [3.8, 4) is 0 Å². The van der Waals surface area contributed by atoms with E-state index in [1.165, 1.54) is 18.4 Å². The van der Waals surface area contributed by atoms with Crippen LogP contribution in [0, 0.1) is 0 Å². The maximum absolute atomic E-state index is 12.6. The van der Waals surface area contributed by atoms with Gasteiger partial charge in [-0.25, -0.2) is 13.1 Å². The van der Waals surface area contributed by atoms with Gasteiger partial charge in [-0.15, -0.1) is 0 Å². The van der Waals surface area contributed by atoms with Crippen molar-refractivity contribution in [3.63, 3.8) is 0 Å². The molecule has 1 aliphatic carbocycles. The lowest BCUT2D eigenvalue weighted by molar-refractivity contribution is 0.580. The Labute approximate surface area is 142 Å². The van der Waals surface area contributed by atoms with Gasteiger partial charge in [0.05, 0.1) is 4.90 Å². The molecular formula is C18H20ClNO2S. The van der Waals surface area contributed by atoms with Crippen LogP contribution < -0.4 is 4.72 Å². The third kappa shape index (κ3) is 3.77. The van der Waals surface area contributed by atoms with Crippen LogP contribution in [0.25, 0.3) is 10.8 Å². The summed E-state index contributed by atoms with van der Waals surface area (Å²) in [6, 6.07) is 10.5. The maximum atomic E-state index is 12.6. The van der Waals surface area contributed by atoms with E-state index in [1.807, 2.05) is 18.2 Å². The van der Waals surface area contributed by atoms with E-state index in [4.69, 9.17) is 11.6 Å². The molecule has 0 radical (unpaired) electrons. The zero-order valence-corrected chi connectivity index (χ0v) is 14.5. The number of rotatable bonds is 5. The summed E-state index contributed by atoms with van der Waals surface area (Å²) in [6.45, 7) is 0.436. The first-order valence-corrected chi connectivity index (χ1v) is 9.79. The van der Waals surface area contributed by atoms with E-state index in [0.29, 0.717) is 17.0 Å². The summed E-state index contributed by atoms with van der Waals surface area (Å²) in [5.74, 6) is 0. The third-order valence-electron chi connectivity index (χ3n) is 4.24. The predicted molar refractivity (Wildman–Crippen MR) is 95.3 cm³/mol. The molecule has 1 N–H and O–H groups in total. The summed E-state index contributed by atoms with van der Waals surface area (Å²) in [7, 11) is -3.54. The molecule has 0 aliphatic heterocycles. The Bertz CT molecular complexity index is 843. The molecule has 2 aromatic rings. The van der Waals surface area contributed by atoms with E-state index in [1.54, 1.807) is 18.2 Å². The molecule has 0 saturated carbocycles. The van der Waals surface area contributed by atoms with Crippen LogP contribution in [-0.4, -0.2) is 15.0 Å². The van der Waals surface area contributed by atoms with Crippen LogP contribution in [0.2, 0.25) is 5.02 Å². The highest BCUT2D eigenvalue weighted by Gasteiger charge is 2.18. The molecule has 2 aromatic carbocycles. The van der Waals surface area contributed by atoms with Crippen molar-refractivity contribution in [1.82, 2.24) is 4.72 Å². The van der Waals surface area contributed by atoms with E-state index in [-0.39, 0.29) is 4.90 Å². The Morgan fingerprint density at radius 1 is 1.04 bits per heavy atom. The van der Waals surface area contributed by atoms with Crippen LogP contribution in [0.4, 0.5) is 0 Å². The second-order valence-corrected chi connectivity index (χ2v) is 7.99. The third-order valence-corrected chi connectivity index (χ3v) is 6.09. The summed E-state index contributed by atoms with van der Waals surface area (Å²) < 4.78 is 28.0. The van der Waals surface area contributed by atoms with E-state index in [2.05, 4.69) is 10.8 Å². The minimum absolute atomic E-state index is 0.287. The van der Waals surface area contributed by atoms with Crippen molar-refractivity contribution < 1.29 is 8.42 Å². The summed E-state index contributed by atoms with van der Waals surface area (Å²) in [5.41, 5.74) is 1.36. The summed E-state index contributed by atoms with van der Waals surface area (Å²) in [6.07, 6.45) is 7.68. The number of hydrogen-bond acceptors (Lipinski definition) is 2. The molecular weight excluding hydrogens is 330 g/mol. The summed E-state index contributed by atoms with van der Waals surface area (Å²) in [4.78, 5) is 0.287. The molecule has 5 heteroatoms. The van der Waals surface area contributed by atoms with Crippen molar-refractivity contribution in [2.75, 3.05) is 6.54 Å². The predicted octanol–water partition coefficient (Wildman–Crippen LogP) is 4.66. The van der Waals surface area contributed by atoms with Gasteiger partial charge in [-0.3, -0.25) is 0 Å². The zero-order valence-electron chi connectivity index (χ0n) is 12.9. The van der Waals surface area contributed by atoms with Gasteiger partial charge < -0.3 is 0 Å². The fraction of sp³-hybridized carbons (Fsp3) is 0.333. The van der Waals surface area contributed by atoms with Gasteiger partial charge in [0.15, 0.2) is 0 Å². The Morgan fingerprint density at radius 2 is 1.83 bits per heavy atom. The second-order valence-electron chi connectivity index (χ2n) is 5.85. The highest BCUT2D eigenvalue weighted by Crippen LogP contribution is 2.29. The first kappa shape index (κ1) is 16.5. The van der Waals surface area contributed by atoms with Gasteiger partial charge in [0, 0.05) is 22.3 Å². The number of hydrogen-bond donors (Lipinski definition) is 1. The number of benzene rings is 2. The maximum Gasteiger partial charge on any atom is 0.241 e. The molecule has 23 heavy (non-hydrogen) atoms. The van der Waals surface area contributed by atoms with E-state index in [9.17, 15) is 8.42 Å². The highest BCUT2D eigenvalue weighted by molar-refractivity contribution is 7.89. The lowest BCUT2D eigenvalue weighted by Gasteiger charge is -2.14.